The summed E-state index contributed by atoms with van der Waals surface area (Å²) in [5.74, 6) is 0.611. The van der Waals surface area contributed by atoms with Crippen molar-refractivity contribution in [3.8, 4) is 0 Å². The minimum atomic E-state index is 0.124. The van der Waals surface area contributed by atoms with Crippen molar-refractivity contribution in [3.05, 3.63) is 35.5 Å². The molecule has 1 saturated heterocycles. The first-order chi connectivity index (χ1) is 9.90. The smallest absolute Gasteiger partial charge is 0.0923 e. The van der Waals surface area contributed by atoms with E-state index in [1.165, 1.54) is 42.4 Å². The van der Waals surface area contributed by atoms with E-state index < -0.39 is 0 Å². The number of allylic oxidation sites excluding steroid dienone is 5. The van der Waals surface area contributed by atoms with Gasteiger partial charge in [-0.1, -0.05) is 35.5 Å². The summed E-state index contributed by atoms with van der Waals surface area (Å²) in [5.41, 5.74) is 4.50. The van der Waals surface area contributed by atoms with Gasteiger partial charge in [0.25, 0.3) is 0 Å². The number of rotatable bonds is 1. The first-order valence-electron chi connectivity index (χ1n) is 8.55. The molecule has 0 bridgehead atoms. The van der Waals surface area contributed by atoms with Crippen LogP contribution in [-0.2, 0) is 4.74 Å². The highest BCUT2D eigenvalue weighted by atomic mass is 16.6. The quantitative estimate of drug-likeness (QED) is 0.427. The number of fused-ring (bicyclic) bond motifs is 1. The lowest BCUT2D eigenvalue weighted by atomic mass is 9.86. The lowest BCUT2D eigenvalue weighted by molar-refractivity contribution is 0.289. The molecule has 0 aromatic rings. The highest BCUT2D eigenvalue weighted by Crippen LogP contribution is 2.45. The monoisotopic (exact) mass is 288 g/mol. The van der Waals surface area contributed by atoms with Crippen LogP contribution in [0.1, 0.15) is 72.6 Å². The van der Waals surface area contributed by atoms with Crippen LogP contribution in [0.15, 0.2) is 35.5 Å². The molecule has 1 heteroatoms. The Morgan fingerprint density at radius 3 is 2.57 bits per heavy atom. The second-order valence-electron chi connectivity index (χ2n) is 7.42. The summed E-state index contributed by atoms with van der Waals surface area (Å²) < 4.78 is 6.04. The van der Waals surface area contributed by atoms with Gasteiger partial charge in [-0.25, -0.2) is 0 Å². The maximum atomic E-state index is 6.04. The van der Waals surface area contributed by atoms with E-state index >= 15 is 0 Å². The molecule has 1 aliphatic carbocycles. The van der Waals surface area contributed by atoms with Gasteiger partial charge >= 0.3 is 0 Å². The standard InChI is InChI=1S/C20H32O/c1-15(2)18-12-11-17(4)9-6-8-16(3)10-7-13-20(5)19(14-18)21-20/h9-10,18-19H,1,6-8,11-14H2,2-5H3/b16-10?,17-9+/t18-,19+,20-/m1/s1. The zero-order valence-electron chi connectivity index (χ0n) is 14.4. The van der Waals surface area contributed by atoms with Crippen molar-refractivity contribution in [2.75, 3.05) is 0 Å². The van der Waals surface area contributed by atoms with Crippen molar-refractivity contribution < 1.29 is 4.74 Å². The van der Waals surface area contributed by atoms with E-state index in [2.05, 4.69) is 46.4 Å². The van der Waals surface area contributed by atoms with Gasteiger partial charge < -0.3 is 4.74 Å². The van der Waals surface area contributed by atoms with Crippen LogP contribution in [0.3, 0.4) is 0 Å². The Labute approximate surface area is 131 Å². The van der Waals surface area contributed by atoms with Gasteiger partial charge in [0.15, 0.2) is 0 Å². The summed E-state index contributed by atoms with van der Waals surface area (Å²) in [5, 5.41) is 0. The fourth-order valence-corrected chi connectivity index (χ4v) is 3.39. The minimum Gasteiger partial charge on any atom is -0.366 e. The number of hydrogen-bond acceptors (Lipinski definition) is 1. The van der Waals surface area contributed by atoms with Crippen molar-refractivity contribution in [2.45, 2.75) is 84.3 Å². The summed E-state index contributed by atoms with van der Waals surface area (Å²) in [6, 6.07) is 0. The van der Waals surface area contributed by atoms with Gasteiger partial charge in [-0.2, -0.15) is 0 Å². The van der Waals surface area contributed by atoms with E-state index in [4.69, 9.17) is 4.74 Å². The first-order valence-corrected chi connectivity index (χ1v) is 8.55. The van der Waals surface area contributed by atoms with Gasteiger partial charge in [0, 0.05) is 0 Å². The summed E-state index contributed by atoms with van der Waals surface area (Å²) >= 11 is 0. The van der Waals surface area contributed by atoms with Crippen LogP contribution in [0.25, 0.3) is 0 Å². The van der Waals surface area contributed by atoms with E-state index in [9.17, 15) is 0 Å². The van der Waals surface area contributed by atoms with Crippen LogP contribution in [0.2, 0.25) is 0 Å². The van der Waals surface area contributed by atoms with Crippen LogP contribution >= 0.6 is 0 Å². The Morgan fingerprint density at radius 1 is 1.19 bits per heavy atom. The molecule has 2 rings (SSSR count). The molecule has 118 valence electrons. The van der Waals surface area contributed by atoms with E-state index in [1.807, 2.05) is 0 Å². The summed E-state index contributed by atoms with van der Waals surface area (Å²) in [6.07, 6.45) is 13.6. The van der Waals surface area contributed by atoms with Gasteiger partial charge in [-0.3, -0.25) is 0 Å². The molecule has 21 heavy (non-hydrogen) atoms. The first kappa shape index (κ1) is 16.5. The molecule has 0 unspecified atom stereocenters. The predicted octanol–water partition coefficient (Wildman–Crippen LogP) is 5.97. The lowest BCUT2D eigenvalue weighted by Crippen LogP contribution is -2.14. The average Bonchev–Trinajstić information content (AvgIpc) is 3.03. The molecule has 0 radical (unpaired) electrons. The molecule has 2 aliphatic rings. The fraction of sp³-hybridized carbons (Fsp3) is 0.700. The maximum Gasteiger partial charge on any atom is 0.0923 e. The third kappa shape index (κ3) is 4.85. The van der Waals surface area contributed by atoms with Crippen LogP contribution in [0.4, 0.5) is 0 Å². The largest absolute Gasteiger partial charge is 0.366 e. The second-order valence-corrected chi connectivity index (χ2v) is 7.42. The van der Waals surface area contributed by atoms with Crippen molar-refractivity contribution in [2.24, 2.45) is 5.92 Å². The zero-order chi connectivity index (χ0) is 15.5. The molecular weight excluding hydrogens is 256 g/mol. The molecule has 0 spiro atoms. The van der Waals surface area contributed by atoms with Crippen LogP contribution in [-0.4, -0.2) is 11.7 Å². The van der Waals surface area contributed by atoms with Crippen molar-refractivity contribution in [1.29, 1.82) is 0 Å². The van der Waals surface area contributed by atoms with E-state index in [0.717, 1.165) is 19.3 Å². The Bertz CT molecular complexity index is 443. The SMILES string of the molecule is C=C(C)[C@@H]1CC/C(C)=C/CCC(C)=CCC[C@@]2(C)O[C@H]2C1. The molecule has 0 aromatic carbocycles. The number of hydrogen-bond donors (Lipinski definition) is 0. The molecular formula is C20H32O. The molecule has 1 heterocycles. The molecule has 3 atom stereocenters. The normalized spacial score (nSPS) is 37.5. The Morgan fingerprint density at radius 2 is 1.86 bits per heavy atom. The van der Waals surface area contributed by atoms with Gasteiger partial charge in [-0.15, -0.1) is 0 Å². The Kier molecular flexibility index (Phi) is 5.48. The van der Waals surface area contributed by atoms with Gasteiger partial charge in [0.05, 0.1) is 11.7 Å². The lowest BCUT2D eigenvalue weighted by Gasteiger charge is -2.17. The third-order valence-corrected chi connectivity index (χ3v) is 5.28. The van der Waals surface area contributed by atoms with Gasteiger partial charge in [-0.05, 0) is 78.6 Å². The van der Waals surface area contributed by atoms with E-state index in [-0.39, 0.29) is 5.60 Å². The van der Waals surface area contributed by atoms with Gasteiger partial charge in [0.2, 0.25) is 0 Å². The highest BCUT2D eigenvalue weighted by Gasteiger charge is 2.51. The van der Waals surface area contributed by atoms with E-state index in [1.54, 1.807) is 0 Å². The fourth-order valence-electron chi connectivity index (χ4n) is 3.39. The molecule has 0 N–H and O–H groups in total. The second kappa shape index (κ2) is 6.96. The van der Waals surface area contributed by atoms with Gasteiger partial charge in [0.1, 0.15) is 0 Å². The summed E-state index contributed by atoms with van der Waals surface area (Å²) in [7, 11) is 0. The molecule has 1 fully saturated rings. The van der Waals surface area contributed by atoms with Crippen molar-refractivity contribution in [3.63, 3.8) is 0 Å². The minimum absolute atomic E-state index is 0.124. The summed E-state index contributed by atoms with van der Waals surface area (Å²) in [6.45, 7) is 13.2. The van der Waals surface area contributed by atoms with Crippen molar-refractivity contribution in [1.82, 2.24) is 0 Å². The highest BCUT2D eigenvalue weighted by molar-refractivity contribution is 5.10. The molecule has 0 aromatic heterocycles. The zero-order valence-corrected chi connectivity index (χ0v) is 14.4. The molecule has 1 aliphatic heterocycles. The molecule has 0 saturated carbocycles. The van der Waals surface area contributed by atoms with Crippen LogP contribution in [0.5, 0.6) is 0 Å². The summed E-state index contributed by atoms with van der Waals surface area (Å²) in [4.78, 5) is 0. The third-order valence-electron chi connectivity index (χ3n) is 5.28. The maximum absolute atomic E-state index is 6.04. The van der Waals surface area contributed by atoms with Crippen molar-refractivity contribution >= 4 is 0 Å². The Balaban J connectivity index is 2.05. The number of epoxide rings is 1. The molecule has 1 nitrogen and oxygen atoms in total. The van der Waals surface area contributed by atoms with Crippen LogP contribution in [0, 0.1) is 5.92 Å². The predicted molar refractivity (Wildman–Crippen MR) is 91.4 cm³/mol. The van der Waals surface area contributed by atoms with Crippen LogP contribution < -0.4 is 0 Å². The molecule has 0 amide bonds. The number of ether oxygens (including phenoxy) is 1. The Hall–Kier alpha value is -0.820. The average molecular weight is 288 g/mol. The van der Waals surface area contributed by atoms with E-state index in [0.29, 0.717) is 12.0 Å². The topological polar surface area (TPSA) is 12.5 Å².